The number of amides is 1. The molecule has 33 heavy (non-hydrogen) atoms. The van der Waals surface area contributed by atoms with Crippen LogP contribution in [0.1, 0.15) is 16.9 Å². The van der Waals surface area contributed by atoms with Gasteiger partial charge < -0.3 is 15.4 Å². The number of aromatic nitrogens is 2. The molecule has 5 rings (SSSR count). The van der Waals surface area contributed by atoms with E-state index in [0.29, 0.717) is 28.6 Å². The van der Waals surface area contributed by atoms with Crippen LogP contribution in [0.2, 0.25) is 5.02 Å². The monoisotopic (exact) mass is 478 g/mol. The van der Waals surface area contributed by atoms with Gasteiger partial charge in [0.05, 0.1) is 32.6 Å². The van der Waals surface area contributed by atoms with Crippen molar-refractivity contribution in [2.24, 2.45) is 0 Å². The van der Waals surface area contributed by atoms with Crippen LogP contribution in [0.15, 0.2) is 54.9 Å². The smallest absolute Gasteiger partial charge is 0.224 e. The number of hydrogen-bond acceptors (Lipinski definition) is 6. The molecule has 3 heterocycles. The first kappa shape index (κ1) is 21.2. The summed E-state index contributed by atoms with van der Waals surface area (Å²) in [4.78, 5) is 20.5. The fourth-order valence-corrected chi connectivity index (χ4v) is 4.38. The van der Waals surface area contributed by atoms with Crippen LogP contribution in [-0.4, -0.2) is 21.9 Å². The van der Waals surface area contributed by atoms with Crippen molar-refractivity contribution < 1.29 is 13.9 Å². The normalized spacial score (nSPS) is 14.7. The Morgan fingerprint density at radius 1 is 1.24 bits per heavy atom. The third-order valence-electron chi connectivity index (χ3n) is 4.88. The highest BCUT2D eigenvalue weighted by Gasteiger charge is 2.22. The number of ether oxygens (including phenoxy) is 1. The molecule has 164 valence electrons. The van der Waals surface area contributed by atoms with Crippen molar-refractivity contribution in [3.8, 4) is 17.6 Å². The lowest BCUT2D eigenvalue weighted by molar-refractivity contribution is -0.126. The Morgan fingerprint density at radius 3 is 2.91 bits per heavy atom. The minimum atomic E-state index is -0.310. The number of fused-ring (bicyclic) bond motifs is 1. The minimum Gasteiger partial charge on any atom is -0.487 e. The quantitative estimate of drug-likeness (QED) is 0.310. The molecule has 1 saturated heterocycles. The number of nitrogens with zero attached hydrogens (tertiary/aromatic N) is 2. The third-order valence-corrected chi connectivity index (χ3v) is 6.23. The lowest BCUT2D eigenvalue weighted by atomic mass is 10.1. The number of carbonyl (C=O) groups is 1. The first-order chi connectivity index (χ1) is 16.0. The Bertz CT molecular complexity index is 1420. The van der Waals surface area contributed by atoms with E-state index in [4.69, 9.17) is 16.3 Å². The van der Waals surface area contributed by atoms with Gasteiger partial charge in [0.15, 0.2) is 5.82 Å². The summed E-state index contributed by atoms with van der Waals surface area (Å²) in [6, 6.07) is 13.4. The van der Waals surface area contributed by atoms with Crippen molar-refractivity contribution in [3.63, 3.8) is 0 Å². The summed E-state index contributed by atoms with van der Waals surface area (Å²) >= 11 is 7.87. The van der Waals surface area contributed by atoms with Gasteiger partial charge in [-0.25, -0.2) is 14.4 Å². The summed E-state index contributed by atoms with van der Waals surface area (Å²) in [6.45, 7) is 0.209. The molecule has 0 saturated carbocycles. The summed E-state index contributed by atoms with van der Waals surface area (Å²) in [5.74, 6) is 6.98. The molecule has 6 nitrogen and oxygen atoms in total. The maximum atomic E-state index is 13.3. The molecule has 1 aliphatic heterocycles. The van der Waals surface area contributed by atoms with Crippen molar-refractivity contribution in [1.29, 1.82) is 0 Å². The van der Waals surface area contributed by atoms with E-state index >= 15 is 0 Å². The Balaban J connectivity index is 1.30. The molecular formula is C24H16ClFN4O2S. The van der Waals surface area contributed by atoms with E-state index in [1.165, 1.54) is 29.8 Å². The minimum absolute atomic E-state index is 0.0204. The molecule has 0 unspecified atom stereocenters. The maximum Gasteiger partial charge on any atom is 0.224 e. The van der Waals surface area contributed by atoms with E-state index in [9.17, 15) is 9.18 Å². The molecule has 9 heteroatoms. The molecule has 2 aromatic heterocycles. The average molecular weight is 479 g/mol. The second kappa shape index (κ2) is 9.06. The van der Waals surface area contributed by atoms with Gasteiger partial charge in [-0.1, -0.05) is 35.6 Å². The Morgan fingerprint density at radius 2 is 2.12 bits per heavy atom. The number of β-lactam (4-membered cyclic amide) rings is 1. The van der Waals surface area contributed by atoms with E-state index in [2.05, 4.69) is 32.4 Å². The zero-order chi connectivity index (χ0) is 22.8. The van der Waals surface area contributed by atoms with Crippen LogP contribution < -0.4 is 15.4 Å². The third kappa shape index (κ3) is 4.90. The highest BCUT2D eigenvalue weighted by atomic mass is 35.5. The maximum absolute atomic E-state index is 13.3. The summed E-state index contributed by atoms with van der Waals surface area (Å²) in [5, 5.41) is 6.42. The first-order valence-corrected chi connectivity index (χ1v) is 11.2. The number of nitrogens with one attached hydrogen (secondary N) is 2. The zero-order valence-electron chi connectivity index (χ0n) is 17.1. The second-order valence-corrected chi connectivity index (χ2v) is 8.79. The van der Waals surface area contributed by atoms with Crippen LogP contribution in [0.5, 0.6) is 5.75 Å². The van der Waals surface area contributed by atoms with Crippen LogP contribution in [0.3, 0.4) is 0 Å². The van der Waals surface area contributed by atoms with Gasteiger partial charge in [0, 0.05) is 5.69 Å². The molecule has 0 spiro atoms. The molecule has 2 N–H and O–H groups in total. The second-order valence-electron chi connectivity index (χ2n) is 7.33. The molecule has 2 aromatic carbocycles. The van der Waals surface area contributed by atoms with Gasteiger partial charge in [-0.2, -0.15) is 0 Å². The van der Waals surface area contributed by atoms with Crippen LogP contribution >= 0.6 is 22.9 Å². The number of benzene rings is 2. The Labute approximate surface area is 197 Å². The van der Waals surface area contributed by atoms with Crippen molar-refractivity contribution in [2.45, 2.75) is 19.1 Å². The van der Waals surface area contributed by atoms with Crippen LogP contribution in [-0.2, 0) is 11.4 Å². The molecule has 1 amide bonds. The SMILES string of the molecule is O=C1C[C@@H](C#Cc2cc3ncnc(Nc4ccc(OCc5cccc(F)c5)c(Cl)c4)c3s2)N1. The van der Waals surface area contributed by atoms with Gasteiger partial charge in [0.2, 0.25) is 5.91 Å². The van der Waals surface area contributed by atoms with Crippen LogP contribution in [0.4, 0.5) is 15.9 Å². The van der Waals surface area contributed by atoms with Gasteiger partial charge in [-0.05, 0) is 42.0 Å². The van der Waals surface area contributed by atoms with E-state index < -0.39 is 0 Å². The van der Waals surface area contributed by atoms with Gasteiger partial charge in [-0.3, -0.25) is 4.79 Å². The Kier molecular flexibility index (Phi) is 5.82. The van der Waals surface area contributed by atoms with Gasteiger partial charge in [-0.15, -0.1) is 11.3 Å². The predicted molar refractivity (Wildman–Crippen MR) is 126 cm³/mol. The topological polar surface area (TPSA) is 76.1 Å². The predicted octanol–water partition coefficient (Wildman–Crippen LogP) is 5.05. The number of halogens is 2. The summed E-state index contributed by atoms with van der Waals surface area (Å²) in [7, 11) is 0. The average Bonchev–Trinajstić information content (AvgIpc) is 3.20. The molecular weight excluding hydrogens is 463 g/mol. The standard InChI is InChI=1S/C24H16ClFN4O2S/c25-19-9-16(5-7-21(19)32-12-14-2-1-3-15(26)8-14)30-24-23-20(27-13-28-24)11-18(33-23)6-4-17-10-22(31)29-17/h1-3,5,7-9,11,13,17H,10,12H2,(H,29,31)(H,27,28,30)/t17-/m1/s1. The van der Waals surface area contributed by atoms with Gasteiger partial charge in [0.1, 0.15) is 24.5 Å². The molecule has 0 bridgehead atoms. The molecule has 0 aliphatic carbocycles. The highest BCUT2D eigenvalue weighted by molar-refractivity contribution is 7.20. The van der Waals surface area contributed by atoms with Crippen molar-refractivity contribution in [3.05, 3.63) is 76.1 Å². The fourth-order valence-electron chi connectivity index (χ4n) is 3.23. The zero-order valence-corrected chi connectivity index (χ0v) is 18.6. The highest BCUT2D eigenvalue weighted by Crippen LogP contribution is 2.33. The van der Waals surface area contributed by atoms with E-state index in [-0.39, 0.29) is 24.4 Å². The number of carbonyl (C=O) groups excluding carboxylic acids is 1. The van der Waals surface area contributed by atoms with Gasteiger partial charge in [0.25, 0.3) is 0 Å². The number of rotatable bonds is 5. The number of anilines is 2. The molecule has 1 aliphatic rings. The summed E-state index contributed by atoms with van der Waals surface area (Å²) < 4.78 is 19.9. The van der Waals surface area contributed by atoms with E-state index in [1.807, 2.05) is 12.1 Å². The lowest BCUT2D eigenvalue weighted by Crippen LogP contribution is -2.47. The van der Waals surface area contributed by atoms with Crippen molar-refractivity contribution in [1.82, 2.24) is 15.3 Å². The van der Waals surface area contributed by atoms with Crippen molar-refractivity contribution >= 4 is 50.6 Å². The van der Waals surface area contributed by atoms with Crippen molar-refractivity contribution in [2.75, 3.05) is 5.32 Å². The molecule has 1 atom stereocenters. The molecule has 0 radical (unpaired) electrons. The Hall–Kier alpha value is -3.67. The summed E-state index contributed by atoms with van der Waals surface area (Å²) in [6.07, 6.45) is 1.92. The largest absolute Gasteiger partial charge is 0.487 e. The van der Waals surface area contributed by atoms with Crippen LogP contribution in [0.25, 0.3) is 10.2 Å². The molecule has 4 aromatic rings. The summed E-state index contributed by atoms with van der Waals surface area (Å²) in [5.41, 5.74) is 2.23. The molecule has 1 fully saturated rings. The van der Waals surface area contributed by atoms with E-state index in [1.54, 1.807) is 24.3 Å². The number of hydrogen-bond donors (Lipinski definition) is 2. The van der Waals surface area contributed by atoms with E-state index in [0.717, 1.165) is 20.8 Å². The number of thiophene rings is 1. The fraction of sp³-hybridized carbons (Fsp3) is 0.125. The first-order valence-electron chi connectivity index (χ1n) is 10.0. The lowest BCUT2D eigenvalue weighted by Gasteiger charge is -2.20. The van der Waals surface area contributed by atoms with Gasteiger partial charge >= 0.3 is 0 Å². The van der Waals surface area contributed by atoms with Crippen LogP contribution in [0, 0.1) is 17.7 Å².